The van der Waals surface area contributed by atoms with Crippen molar-refractivity contribution in [1.82, 2.24) is 0 Å². The third-order valence-corrected chi connectivity index (χ3v) is 5.00. The van der Waals surface area contributed by atoms with Crippen LogP contribution in [0.2, 0.25) is 5.02 Å². The van der Waals surface area contributed by atoms with Gasteiger partial charge >= 0.3 is 5.97 Å². The zero-order valence-electron chi connectivity index (χ0n) is 13.4. The van der Waals surface area contributed by atoms with E-state index in [4.69, 9.17) is 21.5 Å². The smallest absolute Gasteiger partial charge is 0.340 e. The van der Waals surface area contributed by atoms with Crippen LogP contribution >= 0.6 is 27.5 Å². The first-order chi connectivity index (χ1) is 12.1. The number of halogens is 2. The van der Waals surface area contributed by atoms with Crippen molar-refractivity contribution in [1.29, 1.82) is 0 Å². The van der Waals surface area contributed by atoms with Crippen molar-refractivity contribution < 1.29 is 22.7 Å². The van der Waals surface area contributed by atoms with Crippen molar-refractivity contribution in [3.8, 4) is 0 Å². The lowest BCUT2D eigenvalue weighted by molar-refractivity contribution is -0.123. The molecule has 0 heterocycles. The van der Waals surface area contributed by atoms with E-state index in [1.54, 1.807) is 6.07 Å². The molecule has 0 bridgehead atoms. The molecule has 0 aliphatic heterocycles. The molecule has 2 aromatic carbocycles. The Bertz CT molecular complexity index is 948. The van der Waals surface area contributed by atoms with E-state index >= 15 is 0 Å². The van der Waals surface area contributed by atoms with Crippen LogP contribution in [0, 0.1) is 0 Å². The number of rotatable bonds is 5. The maximum absolute atomic E-state index is 12.2. The van der Waals surface area contributed by atoms with E-state index in [0.717, 1.165) is 0 Å². The highest BCUT2D eigenvalue weighted by Gasteiger charge is 2.21. The number of amides is 1. The van der Waals surface area contributed by atoms with Gasteiger partial charge in [-0.2, -0.15) is 0 Å². The molecule has 0 aliphatic rings. The van der Waals surface area contributed by atoms with Gasteiger partial charge in [0.05, 0.1) is 15.5 Å². The topological polar surface area (TPSA) is 116 Å². The zero-order valence-corrected chi connectivity index (χ0v) is 16.6. The maximum Gasteiger partial charge on any atom is 0.340 e. The van der Waals surface area contributed by atoms with E-state index < -0.39 is 28.0 Å². The molecule has 0 aromatic heterocycles. The van der Waals surface area contributed by atoms with Crippen LogP contribution in [0.1, 0.15) is 17.3 Å². The molecule has 0 radical (unpaired) electrons. The number of benzene rings is 2. The summed E-state index contributed by atoms with van der Waals surface area (Å²) in [5.41, 5.74) is 0.448. The number of nitrogens with one attached hydrogen (secondary N) is 1. The van der Waals surface area contributed by atoms with E-state index in [-0.39, 0.29) is 15.5 Å². The third kappa shape index (κ3) is 5.28. The molecule has 0 saturated heterocycles. The Morgan fingerprint density at radius 3 is 2.38 bits per heavy atom. The number of esters is 1. The van der Waals surface area contributed by atoms with Gasteiger partial charge in [0.2, 0.25) is 10.0 Å². The van der Waals surface area contributed by atoms with Crippen molar-refractivity contribution in [2.45, 2.75) is 17.9 Å². The van der Waals surface area contributed by atoms with Crippen molar-refractivity contribution >= 4 is 55.1 Å². The minimum absolute atomic E-state index is 0.0840. The van der Waals surface area contributed by atoms with Crippen LogP contribution in [-0.4, -0.2) is 26.4 Å². The molecule has 10 heteroatoms. The molecule has 26 heavy (non-hydrogen) atoms. The SMILES string of the molecule is C[C@H](OC(=O)c1cc(Br)ccc1Cl)C(=O)Nc1ccc(S(N)(=O)=O)cc1. The van der Waals surface area contributed by atoms with Crippen LogP contribution in [-0.2, 0) is 19.6 Å². The Hall–Kier alpha value is -1.94. The van der Waals surface area contributed by atoms with Gasteiger partial charge in [-0.1, -0.05) is 27.5 Å². The Labute approximate surface area is 163 Å². The molecular weight excluding hydrogens is 448 g/mol. The van der Waals surface area contributed by atoms with Gasteiger partial charge in [0.25, 0.3) is 5.91 Å². The largest absolute Gasteiger partial charge is 0.449 e. The minimum atomic E-state index is -3.82. The predicted octanol–water partition coefficient (Wildman–Crippen LogP) is 2.93. The lowest BCUT2D eigenvalue weighted by atomic mass is 10.2. The highest BCUT2D eigenvalue weighted by atomic mass is 79.9. The van der Waals surface area contributed by atoms with Gasteiger partial charge in [0.1, 0.15) is 0 Å². The first kappa shape index (κ1) is 20.4. The average molecular weight is 462 g/mol. The summed E-state index contributed by atoms with van der Waals surface area (Å²) in [4.78, 5) is 24.2. The molecular formula is C16H14BrClN2O5S. The minimum Gasteiger partial charge on any atom is -0.449 e. The molecule has 0 unspecified atom stereocenters. The highest BCUT2D eigenvalue weighted by molar-refractivity contribution is 9.10. The van der Waals surface area contributed by atoms with Crippen LogP contribution in [0.4, 0.5) is 5.69 Å². The molecule has 7 nitrogen and oxygen atoms in total. The summed E-state index contributed by atoms with van der Waals surface area (Å²) in [7, 11) is -3.82. The van der Waals surface area contributed by atoms with Gasteiger partial charge in [-0.05, 0) is 49.4 Å². The van der Waals surface area contributed by atoms with Gasteiger partial charge in [-0.15, -0.1) is 0 Å². The van der Waals surface area contributed by atoms with Crippen molar-refractivity contribution in [3.63, 3.8) is 0 Å². The zero-order chi connectivity index (χ0) is 19.5. The maximum atomic E-state index is 12.2. The van der Waals surface area contributed by atoms with Crippen LogP contribution in [0.15, 0.2) is 51.8 Å². The van der Waals surface area contributed by atoms with Gasteiger partial charge in [-0.3, -0.25) is 4.79 Å². The number of anilines is 1. The van der Waals surface area contributed by atoms with Crippen molar-refractivity contribution in [2.24, 2.45) is 5.14 Å². The summed E-state index contributed by atoms with van der Waals surface area (Å²) < 4.78 is 28.2. The monoisotopic (exact) mass is 460 g/mol. The highest BCUT2D eigenvalue weighted by Crippen LogP contribution is 2.22. The summed E-state index contributed by atoms with van der Waals surface area (Å²) in [5, 5.41) is 7.71. The van der Waals surface area contributed by atoms with E-state index in [2.05, 4.69) is 21.2 Å². The van der Waals surface area contributed by atoms with Gasteiger partial charge < -0.3 is 10.1 Å². The fraction of sp³-hybridized carbons (Fsp3) is 0.125. The number of nitrogens with two attached hydrogens (primary N) is 1. The summed E-state index contributed by atoms with van der Waals surface area (Å²) in [6.07, 6.45) is -1.10. The van der Waals surface area contributed by atoms with E-state index in [9.17, 15) is 18.0 Å². The van der Waals surface area contributed by atoms with E-state index in [1.807, 2.05) is 0 Å². The number of primary sulfonamides is 1. The lowest BCUT2D eigenvalue weighted by Crippen LogP contribution is -2.30. The van der Waals surface area contributed by atoms with Gasteiger partial charge in [0, 0.05) is 10.2 Å². The molecule has 2 rings (SSSR count). The second kappa shape index (κ2) is 8.17. The molecule has 0 aliphatic carbocycles. The fourth-order valence-corrected chi connectivity index (χ4v) is 2.97. The standard InChI is InChI=1S/C16H14BrClN2O5S/c1-9(25-16(22)13-8-10(17)2-7-14(13)18)15(21)20-11-3-5-12(6-4-11)26(19,23)24/h2-9H,1H3,(H,20,21)(H2,19,23,24)/t9-/m0/s1. The molecule has 0 fully saturated rings. The average Bonchev–Trinajstić information content (AvgIpc) is 2.56. The van der Waals surface area contributed by atoms with Crippen molar-refractivity contribution in [3.05, 3.63) is 57.5 Å². The molecule has 0 saturated carbocycles. The first-order valence-corrected chi connectivity index (χ1v) is 9.89. The Morgan fingerprint density at radius 2 is 1.81 bits per heavy atom. The molecule has 2 aromatic rings. The Kier molecular flexibility index (Phi) is 6.40. The number of hydrogen-bond donors (Lipinski definition) is 2. The van der Waals surface area contributed by atoms with Crippen LogP contribution < -0.4 is 10.5 Å². The summed E-state index contributed by atoms with van der Waals surface area (Å²) in [6.45, 7) is 1.40. The number of carbonyl (C=O) groups is 2. The van der Waals surface area contributed by atoms with Gasteiger partial charge in [-0.25, -0.2) is 18.4 Å². The molecule has 138 valence electrons. The number of hydrogen-bond acceptors (Lipinski definition) is 5. The molecule has 1 atom stereocenters. The first-order valence-electron chi connectivity index (χ1n) is 7.17. The van der Waals surface area contributed by atoms with Crippen LogP contribution in [0.3, 0.4) is 0 Å². The van der Waals surface area contributed by atoms with Gasteiger partial charge in [0.15, 0.2) is 6.10 Å². The Morgan fingerprint density at radius 1 is 1.19 bits per heavy atom. The fourth-order valence-electron chi connectivity index (χ4n) is 1.90. The predicted molar refractivity (Wildman–Crippen MR) is 100 cm³/mol. The Balaban J connectivity index is 2.03. The number of ether oxygens (including phenoxy) is 1. The number of sulfonamides is 1. The summed E-state index contributed by atoms with van der Waals surface area (Å²) >= 11 is 9.18. The molecule has 1 amide bonds. The summed E-state index contributed by atoms with van der Waals surface area (Å²) in [6, 6.07) is 9.93. The lowest BCUT2D eigenvalue weighted by Gasteiger charge is -2.14. The quantitative estimate of drug-likeness (QED) is 0.664. The second-order valence-electron chi connectivity index (χ2n) is 5.23. The summed E-state index contributed by atoms with van der Waals surface area (Å²) in [5.74, 6) is -1.34. The molecule has 0 spiro atoms. The van der Waals surface area contributed by atoms with Crippen LogP contribution in [0.5, 0.6) is 0 Å². The second-order valence-corrected chi connectivity index (χ2v) is 8.11. The van der Waals surface area contributed by atoms with E-state index in [0.29, 0.717) is 10.2 Å². The van der Waals surface area contributed by atoms with E-state index in [1.165, 1.54) is 43.3 Å². The molecule has 3 N–H and O–H groups in total. The van der Waals surface area contributed by atoms with Crippen molar-refractivity contribution in [2.75, 3.05) is 5.32 Å². The third-order valence-electron chi connectivity index (χ3n) is 3.25. The number of carbonyl (C=O) groups excluding carboxylic acids is 2. The van der Waals surface area contributed by atoms with Crippen LogP contribution in [0.25, 0.3) is 0 Å². The normalized spacial score (nSPS) is 12.3.